The highest BCUT2D eigenvalue weighted by Gasteiger charge is 2.22. The highest BCUT2D eigenvalue weighted by atomic mass is 35.5. The average molecular weight is 321 g/mol. The van der Waals surface area contributed by atoms with E-state index in [-0.39, 0.29) is 12.2 Å². The van der Waals surface area contributed by atoms with Crippen LogP contribution in [-0.4, -0.2) is 12.2 Å². The second kappa shape index (κ2) is 6.42. The van der Waals surface area contributed by atoms with E-state index in [1.165, 1.54) is 0 Å². The van der Waals surface area contributed by atoms with Gasteiger partial charge in [0.25, 0.3) is 0 Å². The van der Waals surface area contributed by atoms with Crippen LogP contribution in [0.3, 0.4) is 0 Å². The summed E-state index contributed by atoms with van der Waals surface area (Å²) < 4.78 is 11.7. The largest absolute Gasteiger partial charge is 0.485 e. The Kier molecular flexibility index (Phi) is 4.37. The molecule has 0 saturated heterocycles. The summed E-state index contributed by atoms with van der Waals surface area (Å²) in [6.45, 7) is 0. The van der Waals surface area contributed by atoms with Crippen molar-refractivity contribution in [3.63, 3.8) is 0 Å². The zero-order valence-electron chi connectivity index (χ0n) is 11.2. The molecule has 2 nitrogen and oxygen atoms in total. The van der Waals surface area contributed by atoms with E-state index in [0.717, 1.165) is 6.42 Å². The van der Waals surface area contributed by atoms with Gasteiger partial charge in [-0.2, -0.15) is 0 Å². The maximum absolute atomic E-state index is 6.09. The van der Waals surface area contributed by atoms with Crippen LogP contribution in [0.15, 0.2) is 60.7 Å². The molecule has 0 heterocycles. The molecule has 0 bridgehead atoms. The Labute approximate surface area is 133 Å². The third-order valence-corrected chi connectivity index (χ3v) is 3.86. The van der Waals surface area contributed by atoms with Gasteiger partial charge in [-0.3, -0.25) is 0 Å². The summed E-state index contributed by atoms with van der Waals surface area (Å²) in [7, 11) is 0. The zero-order chi connectivity index (χ0) is 14.7. The average Bonchev–Trinajstić information content (AvgIpc) is 2.91. The van der Waals surface area contributed by atoms with Crippen molar-refractivity contribution in [3.8, 4) is 11.5 Å². The topological polar surface area (TPSA) is 18.5 Å². The van der Waals surface area contributed by atoms with E-state index in [1.807, 2.05) is 60.7 Å². The molecule has 0 radical (unpaired) electrons. The van der Waals surface area contributed by atoms with Gasteiger partial charge in [-0.25, -0.2) is 0 Å². The molecule has 2 aromatic rings. The molecule has 1 aliphatic rings. The number of benzene rings is 2. The zero-order valence-corrected chi connectivity index (χ0v) is 12.7. The predicted molar refractivity (Wildman–Crippen MR) is 85.5 cm³/mol. The van der Waals surface area contributed by atoms with Crippen molar-refractivity contribution in [2.24, 2.45) is 0 Å². The number of hydrogen-bond donors (Lipinski definition) is 0. The fourth-order valence-electron chi connectivity index (χ4n) is 2.22. The van der Waals surface area contributed by atoms with Crippen molar-refractivity contribution in [2.45, 2.75) is 18.6 Å². The Morgan fingerprint density at radius 1 is 0.714 bits per heavy atom. The summed E-state index contributed by atoms with van der Waals surface area (Å²) in [5.41, 5.74) is 0. The molecule has 108 valence electrons. The summed E-state index contributed by atoms with van der Waals surface area (Å²) >= 11 is 12.2. The minimum absolute atomic E-state index is 0.0441. The van der Waals surface area contributed by atoms with Gasteiger partial charge in [0.1, 0.15) is 23.7 Å². The first-order valence-corrected chi connectivity index (χ1v) is 7.48. The van der Waals surface area contributed by atoms with Crippen molar-refractivity contribution < 1.29 is 9.47 Å². The first kappa shape index (κ1) is 14.3. The summed E-state index contributed by atoms with van der Waals surface area (Å²) in [6.07, 6.45) is 4.63. The summed E-state index contributed by atoms with van der Waals surface area (Å²) in [5.74, 6) is 1.37. The van der Waals surface area contributed by atoms with Gasteiger partial charge < -0.3 is 9.47 Å². The maximum atomic E-state index is 6.09. The van der Waals surface area contributed by atoms with Gasteiger partial charge in [-0.05, 0) is 36.4 Å². The van der Waals surface area contributed by atoms with E-state index in [9.17, 15) is 0 Å². The lowest BCUT2D eigenvalue weighted by Crippen LogP contribution is -2.18. The molecule has 2 unspecified atom stereocenters. The molecule has 0 saturated carbocycles. The van der Waals surface area contributed by atoms with Gasteiger partial charge in [0.2, 0.25) is 0 Å². The second-order valence-corrected chi connectivity index (χ2v) is 5.61. The van der Waals surface area contributed by atoms with Gasteiger partial charge in [0.15, 0.2) is 0 Å². The van der Waals surface area contributed by atoms with Crippen molar-refractivity contribution in [1.82, 2.24) is 0 Å². The molecule has 0 aromatic heterocycles. The summed E-state index contributed by atoms with van der Waals surface area (Å²) in [4.78, 5) is 0. The number of halogens is 2. The van der Waals surface area contributed by atoms with Crippen LogP contribution in [0.5, 0.6) is 11.5 Å². The molecule has 0 spiro atoms. The van der Waals surface area contributed by atoms with E-state index in [0.29, 0.717) is 21.5 Å². The minimum Gasteiger partial charge on any atom is -0.485 e. The van der Waals surface area contributed by atoms with E-state index in [1.54, 1.807) is 0 Å². The Hall–Kier alpha value is -1.64. The molecule has 21 heavy (non-hydrogen) atoms. The third-order valence-electron chi connectivity index (χ3n) is 3.24. The van der Waals surface area contributed by atoms with Crippen molar-refractivity contribution >= 4 is 23.2 Å². The van der Waals surface area contributed by atoms with Crippen LogP contribution in [-0.2, 0) is 0 Å². The molecule has 1 aliphatic carbocycles. The van der Waals surface area contributed by atoms with Gasteiger partial charge in [-0.15, -0.1) is 0 Å². The van der Waals surface area contributed by atoms with Crippen molar-refractivity contribution in [2.75, 3.05) is 0 Å². The van der Waals surface area contributed by atoms with E-state index >= 15 is 0 Å². The van der Waals surface area contributed by atoms with Crippen LogP contribution < -0.4 is 9.47 Å². The number of hydrogen-bond acceptors (Lipinski definition) is 2. The molecule has 0 amide bonds. The molecule has 0 N–H and O–H groups in total. The van der Waals surface area contributed by atoms with Crippen LogP contribution in [0.25, 0.3) is 0 Å². The van der Waals surface area contributed by atoms with E-state index in [4.69, 9.17) is 32.7 Å². The molecule has 0 aliphatic heterocycles. The van der Waals surface area contributed by atoms with Crippen molar-refractivity contribution in [3.05, 3.63) is 70.7 Å². The standard InChI is InChI=1S/C17H14Cl2O2/c18-14-5-1-3-7-16(14)20-12-9-10-13(11-12)21-17-8-4-2-6-15(17)19/h1-10,12-13H,11H2. The Morgan fingerprint density at radius 2 is 1.14 bits per heavy atom. The lowest BCUT2D eigenvalue weighted by molar-refractivity contribution is 0.180. The van der Waals surface area contributed by atoms with Crippen LogP contribution in [0.1, 0.15) is 6.42 Å². The molecule has 2 aromatic carbocycles. The highest BCUT2D eigenvalue weighted by Crippen LogP contribution is 2.30. The van der Waals surface area contributed by atoms with E-state index < -0.39 is 0 Å². The van der Waals surface area contributed by atoms with Crippen molar-refractivity contribution in [1.29, 1.82) is 0 Å². The van der Waals surface area contributed by atoms with Crippen LogP contribution in [0.2, 0.25) is 10.0 Å². The Morgan fingerprint density at radius 3 is 1.57 bits per heavy atom. The summed E-state index contributed by atoms with van der Waals surface area (Å²) in [5, 5.41) is 1.22. The second-order valence-electron chi connectivity index (χ2n) is 4.79. The molecule has 2 atom stereocenters. The predicted octanol–water partition coefficient (Wildman–Crippen LogP) is 5.15. The summed E-state index contributed by atoms with van der Waals surface area (Å²) in [6, 6.07) is 14.9. The minimum atomic E-state index is -0.0441. The number of ether oxygens (including phenoxy) is 2. The van der Waals surface area contributed by atoms with Gasteiger partial charge in [0, 0.05) is 6.42 Å². The lowest BCUT2D eigenvalue weighted by Gasteiger charge is -2.17. The van der Waals surface area contributed by atoms with Gasteiger partial charge in [-0.1, -0.05) is 47.5 Å². The Bertz CT molecular complexity index is 599. The SMILES string of the molecule is Clc1ccccc1OC1C=CC(Oc2ccccc2Cl)C1. The van der Waals surface area contributed by atoms with Crippen LogP contribution in [0.4, 0.5) is 0 Å². The van der Waals surface area contributed by atoms with Crippen LogP contribution in [0, 0.1) is 0 Å². The van der Waals surface area contributed by atoms with Gasteiger partial charge >= 0.3 is 0 Å². The molecular weight excluding hydrogens is 307 g/mol. The quantitative estimate of drug-likeness (QED) is 0.725. The Balaban J connectivity index is 1.61. The van der Waals surface area contributed by atoms with E-state index in [2.05, 4.69) is 0 Å². The maximum Gasteiger partial charge on any atom is 0.138 e. The molecule has 4 heteroatoms. The fraction of sp³-hybridized carbons (Fsp3) is 0.176. The first-order valence-electron chi connectivity index (χ1n) is 6.73. The number of para-hydroxylation sites is 2. The smallest absolute Gasteiger partial charge is 0.138 e. The molecule has 0 fully saturated rings. The normalized spacial score (nSPS) is 20.5. The number of rotatable bonds is 4. The van der Waals surface area contributed by atoms with Gasteiger partial charge in [0.05, 0.1) is 10.0 Å². The molecular formula is C17H14Cl2O2. The van der Waals surface area contributed by atoms with Crippen LogP contribution >= 0.6 is 23.2 Å². The molecule has 3 rings (SSSR count). The monoisotopic (exact) mass is 320 g/mol. The third kappa shape index (κ3) is 3.52. The fourth-order valence-corrected chi connectivity index (χ4v) is 2.58. The lowest BCUT2D eigenvalue weighted by atomic mass is 10.2. The first-order chi connectivity index (χ1) is 10.2. The highest BCUT2D eigenvalue weighted by molar-refractivity contribution is 6.32.